The summed E-state index contributed by atoms with van der Waals surface area (Å²) in [7, 11) is -4.12. The van der Waals surface area contributed by atoms with Crippen LogP contribution in [0.1, 0.15) is 19.3 Å². The molecule has 2 rings (SSSR count). The van der Waals surface area contributed by atoms with Crippen LogP contribution in [0.2, 0.25) is 0 Å². The molecule has 1 heterocycles. The van der Waals surface area contributed by atoms with Crippen molar-refractivity contribution in [3.8, 4) is 0 Å². The van der Waals surface area contributed by atoms with Crippen LogP contribution in [-0.2, 0) is 19.6 Å². The van der Waals surface area contributed by atoms with Crippen molar-refractivity contribution in [2.24, 2.45) is 0 Å². The average molecular weight is 344 g/mol. The molecule has 9 heteroatoms. The van der Waals surface area contributed by atoms with Gasteiger partial charge in [-0.05, 0) is 25.0 Å². The Labute approximate surface area is 133 Å². The third-order valence-electron chi connectivity index (χ3n) is 3.57. The molecule has 2 N–H and O–H groups in total. The molecule has 126 valence electrons. The van der Waals surface area contributed by atoms with E-state index in [1.807, 2.05) is 0 Å². The Bertz CT molecular complexity index is 707. The largest absolute Gasteiger partial charge is 0.481 e. The van der Waals surface area contributed by atoms with Gasteiger partial charge >= 0.3 is 5.97 Å². The van der Waals surface area contributed by atoms with Crippen molar-refractivity contribution in [3.63, 3.8) is 0 Å². The SMILES string of the molecule is O=C(O)CCNC(=O)C1CCCN1S(=O)(=O)c1ccccc1F. The van der Waals surface area contributed by atoms with E-state index in [1.54, 1.807) is 0 Å². The van der Waals surface area contributed by atoms with Gasteiger partial charge in [-0.1, -0.05) is 12.1 Å². The Morgan fingerprint density at radius 1 is 1.35 bits per heavy atom. The molecule has 1 aliphatic rings. The summed E-state index contributed by atoms with van der Waals surface area (Å²) in [6.45, 7) is 0.0337. The molecular formula is C14H17FN2O5S. The number of halogens is 1. The normalized spacial score (nSPS) is 18.7. The zero-order valence-electron chi connectivity index (χ0n) is 12.2. The minimum absolute atomic E-state index is 0.0851. The number of rotatable bonds is 6. The monoisotopic (exact) mass is 344 g/mol. The molecule has 0 aliphatic carbocycles. The number of carboxylic acids is 1. The first kappa shape index (κ1) is 17.4. The van der Waals surface area contributed by atoms with Crippen molar-refractivity contribution in [1.29, 1.82) is 0 Å². The molecule has 1 unspecified atom stereocenters. The number of carboxylic acid groups (broad SMARTS) is 1. The standard InChI is InChI=1S/C14H17FN2O5S/c15-10-4-1-2-6-12(10)23(21,22)17-9-3-5-11(17)14(20)16-8-7-13(18)19/h1-2,4,6,11H,3,5,7-9H2,(H,16,20)(H,18,19). The van der Waals surface area contributed by atoms with Crippen molar-refractivity contribution in [1.82, 2.24) is 9.62 Å². The third-order valence-corrected chi connectivity index (χ3v) is 5.51. The van der Waals surface area contributed by atoms with E-state index >= 15 is 0 Å². The highest BCUT2D eigenvalue weighted by Crippen LogP contribution is 2.27. The molecule has 1 aromatic carbocycles. The predicted octanol–water partition coefficient (Wildman–Crippen LogP) is 0.570. The number of carbonyl (C=O) groups is 2. The lowest BCUT2D eigenvalue weighted by molar-refractivity contribution is -0.137. The smallest absolute Gasteiger partial charge is 0.305 e. The van der Waals surface area contributed by atoms with Crippen molar-refractivity contribution < 1.29 is 27.5 Å². The highest BCUT2D eigenvalue weighted by molar-refractivity contribution is 7.89. The average Bonchev–Trinajstić information content (AvgIpc) is 2.97. The fourth-order valence-corrected chi connectivity index (χ4v) is 4.20. The summed E-state index contributed by atoms with van der Waals surface area (Å²) in [5, 5.41) is 11.0. The number of sulfonamides is 1. The van der Waals surface area contributed by atoms with Gasteiger partial charge in [-0.15, -0.1) is 0 Å². The van der Waals surface area contributed by atoms with Gasteiger partial charge in [0.2, 0.25) is 15.9 Å². The zero-order valence-corrected chi connectivity index (χ0v) is 13.1. The summed E-state index contributed by atoms with van der Waals surface area (Å²) < 4.78 is 39.9. The van der Waals surface area contributed by atoms with Crippen LogP contribution in [-0.4, -0.2) is 48.8 Å². The maximum absolute atomic E-state index is 13.8. The molecule has 1 atom stereocenters. The van der Waals surface area contributed by atoms with Crippen molar-refractivity contribution in [3.05, 3.63) is 30.1 Å². The first-order valence-electron chi connectivity index (χ1n) is 7.10. The minimum Gasteiger partial charge on any atom is -0.481 e. The first-order chi connectivity index (χ1) is 10.8. The van der Waals surface area contributed by atoms with Crippen LogP contribution in [0.5, 0.6) is 0 Å². The maximum Gasteiger partial charge on any atom is 0.305 e. The quantitative estimate of drug-likeness (QED) is 0.785. The molecule has 23 heavy (non-hydrogen) atoms. The van der Waals surface area contributed by atoms with Crippen LogP contribution in [0.4, 0.5) is 4.39 Å². The van der Waals surface area contributed by atoms with Crippen LogP contribution < -0.4 is 5.32 Å². The van der Waals surface area contributed by atoms with E-state index in [0.717, 1.165) is 16.4 Å². The Morgan fingerprint density at radius 3 is 2.70 bits per heavy atom. The van der Waals surface area contributed by atoms with Crippen molar-refractivity contribution >= 4 is 21.9 Å². The van der Waals surface area contributed by atoms with E-state index < -0.39 is 38.7 Å². The van der Waals surface area contributed by atoms with Crippen molar-refractivity contribution in [2.45, 2.75) is 30.2 Å². The van der Waals surface area contributed by atoms with Gasteiger partial charge in [-0.2, -0.15) is 4.31 Å². The van der Waals surface area contributed by atoms with E-state index in [-0.39, 0.29) is 19.5 Å². The summed E-state index contributed by atoms with van der Waals surface area (Å²) in [6.07, 6.45) is 0.538. The molecule has 1 fully saturated rings. The fourth-order valence-electron chi connectivity index (χ4n) is 2.48. The molecule has 1 amide bonds. The number of carbonyl (C=O) groups excluding carboxylic acids is 1. The van der Waals surface area contributed by atoms with Crippen LogP contribution >= 0.6 is 0 Å². The second-order valence-corrected chi connectivity index (χ2v) is 7.00. The van der Waals surface area contributed by atoms with E-state index in [0.29, 0.717) is 12.8 Å². The van der Waals surface area contributed by atoms with Gasteiger partial charge in [0.15, 0.2) is 0 Å². The highest BCUT2D eigenvalue weighted by Gasteiger charge is 2.40. The minimum atomic E-state index is -4.12. The summed E-state index contributed by atoms with van der Waals surface area (Å²) in [6, 6.07) is 4.05. The number of amides is 1. The molecule has 1 saturated heterocycles. The number of nitrogens with one attached hydrogen (secondary N) is 1. The maximum atomic E-state index is 13.8. The van der Waals surface area contributed by atoms with Crippen molar-refractivity contribution in [2.75, 3.05) is 13.1 Å². The topological polar surface area (TPSA) is 104 Å². The fraction of sp³-hybridized carbons (Fsp3) is 0.429. The molecular weight excluding hydrogens is 327 g/mol. The Balaban J connectivity index is 2.16. The van der Waals surface area contributed by atoms with E-state index in [4.69, 9.17) is 5.11 Å². The molecule has 0 bridgehead atoms. The van der Waals surface area contributed by atoms with Crippen LogP contribution in [0.25, 0.3) is 0 Å². The molecule has 1 aliphatic heterocycles. The summed E-state index contributed by atoms with van der Waals surface area (Å²) >= 11 is 0. The van der Waals surface area contributed by atoms with Gasteiger partial charge < -0.3 is 10.4 Å². The van der Waals surface area contributed by atoms with E-state index in [1.165, 1.54) is 12.1 Å². The first-order valence-corrected chi connectivity index (χ1v) is 8.54. The summed E-state index contributed by atoms with van der Waals surface area (Å²) in [5.74, 6) is -2.50. The summed E-state index contributed by atoms with van der Waals surface area (Å²) in [5.41, 5.74) is 0. The van der Waals surface area contributed by atoms with Gasteiger partial charge in [0.1, 0.15) is 16.8 Å². The molecule has 0 saturated carbocycles. The second kappa shape index (κ2) is 7.05. The third kappa shape index (κ3) is 3.85. The Kier molecular flexibility index (Phi) is 5.32. The second-order valence-electron chi connectivity index (χ2n) is 5.14. The lowest BCUT2D eigenvalue weighted by Crippen LogP contribution is -2.46. The van der Waals surface area contributed by atoms with Gasteiger partial charge in [0.25, 0.3) is 0 Å². The Hall–Kier alpha value is -2.00. The molecule has 0 aromatic heterocycles. The molecule has 1 aromatic rings. The lowest BCUT2D eigenvalue weighted by Gasteiger charge is -2.23. The number of hydrogen-bond acceptors (Lipinski definition) is 4. The molecule has 0 spiro atoms. The Morgan fingerprint density at radius 2 is 2.04 bits per heavy atom. The van der Waals surface area contributed by atoms with Crippen LogP contribution in [0.15, 0.2) is 29.2 Å². The lowest BCUT2D eigenvalue weighted by atomic mass is 10.2. The van der Waals surface area contributed by atoms with Gasteiger partial charge in [0.05, 0.1) is 6.42 Å². The van der Waals surface area contributed by atoms with Crippen LogP contribution in [0, 0.1) is 5.82 Å². The number of aliphatic carboxylic acids is 1. The van der Waals surface area contributed by atoms with Gasteiger partial charge in [0, 0.05) is 13.1 Å². The van der Waals surface area contributed by atoms with Gasteiger partial charge in [-0.3, -0.25) is 9.59 Å². The number of nitrogens with zero attached hydrogens (tertiary/aromatic N) is 1. The highest BCUT2D eigenvalue weighted by atomic mass is 32.2. The van der Waals surface area contributed by atoms with Crippen LogP contribution in [0.3, 0.4) is 0 Å². The summed E-state index contributed by atoms with van der Waals surface area (Å²) in [4.78, 5) is 22.1. The van der Waals surface area contributed by atoms with Gasteiger partial charge in [-0.25, -0.2) is 12.8 Å². The van der Waals surface area contributed by atoms with E-state index in [2.05, 4.69) is 5.32 Å². The molecule has 0 radical (unpaired) electrons. The number of hydrogen-bond donors (Lipinski definition) is 2. The number of benzene rings is 1. The molecule has 7 nitrogen and oxygen atoms in total. The zero-order chi connectivity index (χ0) is 17.0. The predicted molar refractivity (Wildman–Crippen MR) is 78.6 cm³/mol. The van der Waals surface area contributed by atoms with E-state index in [9.17, 15) is 22.4 Å².